The highest BCUT2D eigenvalue weighted by Crippen LogP contribution is 2.32. The number of urea groups is 1. The molecule has 1 unspecified atom stereocenters. The molecule has 0 saturated heterocycles. The molecule has 0 bridgehead atoms. The van der Waals surface area contributed by atoms with E-state index in [2.05, 4.69) is 16.0 Å². The second-order valence-electron chi connectivity index (χ2n) is 5.71. The molecule has 0 saturated carbocycles. The number of fused-ring (bicyclic) bond motifs is 1. The molecule has 0 fully saturated rings. The Hall–Kier alpha value is -2.55. The standard InChI is InChI=1S/C16H19N3O5S/c1-8(2)17-16(23)19-14(21)9(3)24-15(22)10-4-5-12-11(6-10)18-13(20)7-25-12/h4-6,8-9H,7H2,1-3H3,(H,18,20)(H2,17,19,21,23). The molecule has 4 amide bonds. The predicted octanol–water partition coefficient (Wildman–Crippen LogP) is 1.51. The topological polar surface area (TPSA) is 114 Å². The SMILES string of the molecule is CC(C)NC(=O)NC(=O)C(C)OC(=O)c1ccc2c(c1)NC(=O)CS2. The molecule has 1 aliphatic rings. The summed E-state index contributed by atoms with van der Waals surface area (Å²) in [6, 6.07) is 3.97. The number of benzene rings is 1. The minimum atomic E-state index is -1.15. The number of ether oxygens (including phenoxy) is 1. The average molecular weight is 365 g/mol. The van der Waals surface area contributed by atoms with Gasteiger partial charge in [0.25, 0.3) is 5.91 Å². The Morgan fingerprint density at radius 2 is 1.96 bits per heavy atom. The number of carbonyl (C=O) groups excluding carboxylic acids is 4. The first-order valence-corrected chi connectivity index (χ1v) is 8.64. The van der Waals surface area contributed by atoms with Crippen LogP contribution in [0.3, 0.4) is 0 Å². The van der Waals surface area contributed by atoms with E-state index >= 15 is 0 Å². The van der Waals surface area contributed by atoms with Gasteiger partial charge in [-0.1, -0.05) is 0 Å². The van der Waals surface area contributed by atoms with Crippen molar-refractivity contribution in [1.29, 1.82) is 0 Å². The number of carbonyl (C=O) groups is 4. The molecule has 2 rings (SSSR count). The third-order valence-electron chi connectivity index (χ3n) is 3.16. The van der Waals surface area contributed by atoms with E-state index in [1.165, 1.54) is 24.8 Å². The van der Waals surface area contributed by atoms with Crippen LogP contribution in [0.4, 0.5) is 10.5 Å². The zero-order valence-corrected chi connectivity index (χ0v) is 14.9. The quantitative estimate of drug-likeness (QED) is 0.697. The molecular weight excluding hydrogens is 346 g/mol. The van der Waals surface area contributed by atoms with Crippen LogP contribution in [-0.4, -0.2) is 41.7 Å². The Balaban J connectivity index is 1.97. The highest BCUT2D eigenvalue weighted by atomic mass is 32.2. The third-order valence-corrected chi connectivity index (χ3v) is 4.23. The van der Waals surface area contributed by atoms with Gasteiger partial charge in [0.15, 0.2) is 6.10 Å². The maximum atomic E-state index is 12.2. The zero-order chi connectivity index (χ0) is 18.6. The van der Waals surface area contributed by atoms with E-state index in [1.54, 1.807) is 26.0 Å². The highest BCUT2D eigenvalue weighted by Gasteiger charge is 2.23. The molecular formula is C16H19N3O5S. The maximum absolute atomic E-state index is 12.2. The summed E-state index contributed by atoms with van der Waals surface area (Å²) in [5, 5.41) is 7.27. The van der Waals surface area contributed by atoms with Crippen molar-refractivity contribution in [2.75, 3.05) is 11.1 Å². The van der Waals surface area contributed by atoms with Gasteiger partial charge in [0, 0.05) is 10.9 Å². The van der Waals surface area contributed by atoms with Crippen molar-refractivity contribution >= 4 is 41.3 Å². The molecule has 0 aliphatic carbocycles. The molecule has 134 valence electrons. The lowest BCUT2D eigenvalue weighted by atomic mass is 10.2. The summed E-state index contributed by atoms with van der Waals surface area (Å²) in [6.45, 7) is 4.87. The number of rotatable bonds is 4. The lowest BCUT2D eigenvalue weighted by Crippen LogP contribution is -2.46. The van der Waals surface area contributed by atoms with Crippen LogP contribution in [0, 0.1) is 0 Å². The van der Waals surface area contributed by atoms with Gasteiger partial charge in [0.1, 0.15) is 0 Å². The van der Waals surface area contributed by atoms with Crippen LogP contribution in [0.15, 0.2) is 23.1 Å². The normalized spacial score (nSPS) is 14.2. The predicted molar refractivity (Wildman–Crippen MR) is 92.5 cm³/mol. The lowest BCUT2D eigenvalue weighted by Gasteiger charge is -2.18. The minimum Gasteiger partial charge on any atom is -0.449 e. The zero-order valence-electron chi connectivity index (χ0n) is 14.0. The summed E-state index contributed by atoms with van der Waals surface area (Å²) in [4.78, 5) is 47.8. The largest absolute Gasteiger partial charge is 0.449 e. The molecule has 1 atom stereocenters. The van der Waals surface area contributed by atoms with Gasteiger partial charge in [0.05, 0.1) is 17.0 Å². The Kier molecular flexibility index (Phi) is 6.02. The van der Waals surface area contributed by atoms with Crippen molar-refractivity contribution in [1.82, 2.24) is 10.6 Å². The minimum absolute atomic E-state index is 0.130. The van der Waals surface area contributed by atoms with Crippen LogP contribution >= 0.6 is 11.8 Å². The summed E-state index contributed by atoms with van der Waals surface area (Å²) in [5.74, 6) is -1.27. The Bertz CT molecular complexity index is 720. The average Bonchev–Trinajstić information content (AvgIpc) is 2.52. The molecule has 0 spiro atoms. The van der Waals surface area contributed by atoms with E-state index in [4.69, 9.17) is 4.74 Å². The summed E-state index contributed by atoms with van der Waals surface area (Å²) in [5.41, 5.74) is 0.733. The smallest absolute Gasteiger partial charge is 0.338 e. The van der Waals surface area contributed by atoms with E-state index in [1.807, 2.05) is 0 Å². The first kappa shape index (κ1) is 18.8. The number of thioether (sulfide) groups is 1. The number of amides is 4. The van der Waals surface area contributed by atoms with Gasteiger partial charge in [-0.2, -0.15) is 0 Å². The molecule has 1 aromatic carbocycles. The number of esters is 1. The van der Waals surface area contributed by atoms with Gasteiger partial charge >= 0.3 is 12.0 Å². The van der Waals surface area contributed by atoms with E-state index in [9.17, 15) is 19.2 Å². The van der Waals surface area contributed by atoms with E-state index in [0.717, 1.165) is 4.90 Å². The Morgan fingerprint density at radius 1 is 1.24 bits per heavy atom. The molecule has 1 aliphatic heterocycles. The van der Waals surface area contributed by atoms with Crippen LogP contribution in [0.1, 0.15) is 31.1 Å². The summed E-state index contributed by atoms with van der Waals surface area (Å²) in [6.07, 6.45) is -1.15. The first-order valence-electron chi connectivity index (χ1n) is 7.65. The fraction of sp³-hybridized carbons (Fsp3) is 0.375. The van der Waals surface area contributed by atoms with Gasteiger partial charge in [-0.3, -0.25) is 14.9 Å². The van der Waals surface area contributed by atoms with Crippen LogP contribution in [0.5, 0.6) is 0 Å². The van der Waals surface area contributed by atoms with Crippen LogP contribution in [0.25, 0.3) is 0 Å². The van der Waals surface area contributed by atoms with Crippen molar-refractivity contribution in [3.63, 3.8) is 0 Å². The molecule has 0 aromatic heterocycles. The lowest BCUT2D eigenvalue weighted by molar-refractivity contribution is -0.127. The maximum Gasteiger partial charge on any atom is 0.338 e. The van der Waals surface area contributed by atoms with Crippen molar-refractivity contribution < 1.29 is 23.9 Å². The van der Waals surface area contributed by atoms with Crippen LogP contribution < -0.4 is 16.0 Å². The fourth-order valence-corrected chi connectivity index (χ4v) is 2.79. The number of hydrogen-bond donors (Lipinski definition) is 3. The number of anilines is 1. The van der Waals surface area contributed by atoms with Gasteiger partial charge in [0.2, 0.25) is 5.91 Å². The molecule has 1 aromatic rings. The second kappa shape index (κ2) is 8.02. The number of imide groups is 1. The third kappa shape index (κ3) is 5.21. The molecule has 1 heterocycles. The van der Waals surface area contributed by atoms with Gasteiger partial charge in [-0.05, 0) is 39.0 Å². The van der Waals surface area contributed by atoms with Crippen molar-refractivity contribution in [3.05, 3.63) is 23.8 Å². The molecule has 3 N–H and O–H groups in total. The van der Waals surface area contributed by atoms with Crippen molar-refractivity contribution in [2.24, 2.45) is 0 Å². The van der Waals surface area contributed by atoms with Crippen molar-refractivity contribution in [2.45, 2.75) is 37.8 Å². The number of nitrogens with one attached hydrogen (secondary N) is 3. The summed E-state index contributed by atoms with van der Waals surface area (Å²) >= 11 is 1.37. The fourth-order valence-electron chi connectivity index (χ4n) is 2.00. The molecule has 25 heavy (non-hydrogen) atoms. The summed E-state index contributed by atoms with van der Waals surface area (Å²) in [7, 11) is 0. The Labute approximate surface area is 149 Å². The van der Waals surface area contributed by atoms with E-state index in [-0.39, 0.29) is 17.5 Å². The van der Waals surface area contributed by atoms with E-state index in [0.29, 0.717) is 11.4 Å². The van der Waals surface area contributed by atoms with E-state index < -0.39 is 24.0 Å². The van der Waals surface area contributed by atoms with Gasteiger partial charge < -0.3 is 15.4 Å². The first-order chi connectivity index (χ1) is 11.8. The van der Waals surface area contributed by atoms with Gasteiger partial charge in [-0.25, -0.2) is 9.59 Å². The summed E-state index contributed by atoms with van der Waals surface area (Å²) < 4.78 is 5.07. The van der Waals surface area contributed by atoms with Crippen LogP contribution in [-0.2, 0) is 14.3 Å². The Morgan fingerprint density at radius 3 is 2.64 bits per heavy atom. The number of hydrogen-bond acceptors (Lipinski definition) is 6. The molecule has 0 radical (unpaired) electrons. The molecule has 8 nitrogen and oxygen atoms in total. The van der Waals surface area contributed by atoms with Gasteiger partial charge in [-0.15, -0.1) is 11.8 Å². The highest BCUT2D eigenvalue weighted by molar-refractivity contribution is 8.00. The van der Waals surface area contributed by atoms with Crippen molar-refractivity contribution in [3.8, 4) is 0 Å². The second-order valence-corrected chi connectivity index (χ2v) is 6.73. The van der Waals surface area contributed by atoms with Crippen LogP contribution in [0.2, 0.25) is 0 Å². The molecule has 9 heteroatoms. The monoisotopic (exact) mass is 365 g/mol.